The van der Waals surface area contributed by atoms with Crippen LogP contribution in [0.3, 0.4) is 0 Å². The van der Waals surface area contributed by atoms with Gasteiger partial charge in [-0.25, -0.2) is 4.79 Å². The number of carbonyl (C=O) groups excluding carboxylic acids is 1. The van der Waals surface area contributed by atoms with Crippen molar-refractivity contribution in [3.05, 3.63) is 90.0 Å². The summed E-state index contributed by atoms with van der Waals surface area (Å²) in [6, 6.07) is 24.2. The van der Waals surface area contributed by atoms with Crippen LogP contribution in [0.4, 0.5) is 4.79 Å². The van der Waals surface area contributed by atoms with E-state index in [1.807, 2.05) is 60.7 Å². The van der Waals surface area contributed by atoms with E-state index >= 15 is 0 Å². The molecule has 4 rings (SSSR count). The maximum Gasteiger partial charge on any atom is 0.410 e. The number of hydrogen-bond donors (Lipinski definition) is 0. The highest BCUT2D eigenvalue weighted by Crippen LogP contribution is 2.34. The fraction of sp³-hybridized carbons (Fsp3) is 0.406. The van der Waals surface area contributed by atoms with Crippen LogP contribution in [0.5, 0.6) is 17.2 Å². The second-order valence-corrected chi connectivity index (χ2v) is 12.8. The first-order valence-corrected chi connectivity index (χ1v) is 15.8. The number of carbonyl (C=O) groups is 1. The summed E-state index contributed by atoms with van der Waals surface area (Å²) in [5.41, 5.74) is 1.30. The number of nitrogens with zero attached hydrogens (tertiary/aromatic N) is 1. The summed E-state index contributed by atoms with van der Waals surface area (Å²) in [5, 5.41) is 0. The molecule has 1 fully saturated rings. The molecule has 1 heterocycles. The van der Waals surface area contributed by atoms with Gasteiger partial charge in [0.15, 0.2) is 11.5 Å². The lowest BCUT2D eigenvalue weighted by molar-refractivity contribution is 0.00338. The van der Waals surface area contributed by atoms with Gasteiger partial charge in [0.2, 0.25) is 0 Å². The molecule has 10 heteroatoms. The summed E-state index contributed by atoms with van der Waals surface area (Å²) in [4.78, 5) is 14.4. The molecule has 3 aromatic carbocycles. The molecule has 1 saturated heterocycles. The van der Waals surface area contributed by atoms with E-state index in [1.54, 1.807) is 39.0 Å². The van der Waals surface area contributed by atoms with E-state index in [1.165, 1.54) is 4.90 Å². The lowest BCUT2D eigenvalue weighted by Gasteiger charge is -2.32. The van der Waals surface area contributed by atoms with E-state index in [-0.39, 0.29) is 13.2 Å². The molecular weight excluding hydrogens is 558 g/mol. The van der Waals surface area contributed by atoms with Crippen LogP contribution in [-0.4, -0.2) is 56.6 Å². The minimum Gasteiger partial charge on any atom is -0.489 e. The van der Waals surface area contributed by atoms with Crippen molar-refractivity contribution in [2.75, 3.05) is 19.4 Å². The Morgan fingerprint density at radius 2 is 1.50 bits per heavy atom. The Hall–Kier alpha value is -3.76. The van der Waals surface area contributed by atoms with Crippen LogP contribution in [0.2, 0.25) is 0 Å². The van der Waals surface area contributed by atoms with Crippen molar-refractivity contribution in [1.29, 1.82) is 0 Å². The molecule has 0 spiro atoms. The van der Waals surface area contributed by atoms with Gasteiger partial charge >= 0.3 is 6.09 Å². The number of benzene rings is 3. The molecule has 0 aromatic heterocycles. The maximum absolute atomic E-state index is 12.9. The van der Waals surface area contributed by atoms with Gasteiger partial charge in [-0.15, -0.1) is 0 Å². The molecule has 9 nitrogen and oxygen atoms in total. The minimum absolute atomic E-state index is 0.136. The molecule has 2 atom stereocenters. The first-order chi connectivity index (χ1) is 20.0. The first-order valence-electron chi connectivity index (χ1n) is 13.9. The molecule has 0 N–H and O–H groups in total. The fourth-order valence-corrected chi connectivity index (χ4v) is 5.24. The Labute approximate surface area is 248 Å². The molecule has 42 heavy (non-hydrogen) atoms. The molecule has 1 aliphatic heterocycles. The first kappa shape index (κ1) is 31.2. The van der Waals surface area contributed by atoms with Crippen LogP contribution in [0.1, 0.15) is 44.7 Å². The monoisotopic (exact) mass is 597 g/mol. The number of rotatable bonds is 12. The second-order valence-electron chi connectivity index (χ2n) is 11.2. The van der Waals surface area contributed by atoms with Gasteiger partial charge in [0.05, 0.1) is 12.3 Å². The molecule has 0 saturated carbocycles. The molecule has 3 aromatic rings. The Morgan fingerprint density at radius 1 is 0.881 bits per heavy atom. The minimum atomic E-state index is -3.86. The molecule has 1 aliphatic rings. The van der Waals surface area contributed by atoms with Crippen molar-refractivity contribution < 1.29 is 36.3 Å². The Balaban J connectivity index is 1.53. The number of likely N-dealkylation sites (tertiary alicyclic amines) is 1. The van der Waals surface area contributed by atoms with Crippen LogP contribution in [0.25, 0.3) is 0 Å². The van der Waals surface area contributed by atoms with Crippen molar-refractivity contribution >= 4 is 16.2 Å². The fourth-order valence-electron chi connectivity index (χ4n) is 4.61. The SMILES string of the molecule is CC(C)(C)OC(=O)N1CCC[C@@H]1[C@H](COc1ccc(OCc2ccccc2)cc1OCc1ccccc1)OS(C)(=O)=O. The number of amides is 1. The molecule has 0 unspecified atom stereocenters. The van der Waals surface area contributed by atoms with Crippen LogP contribution in [-0.2, 0) is 32.3 Å². The van der Waals surface area contributed by atoms with Gasteiger partial charge in [-0.2, -0.15) is 8.42 Å². The van der Waals surface area contributed by atoms with E-state index in [9.17, 15) is 13.2 Å². The largest absolute Gasteiger partial charge is 0.489 e. The Morgan fingerprint density at radius 3 is 2.10 bits per heavy atom. The van der Waals surface area contributed by atoms with Gasteiger partial charge in [0.1, 0.15) is 37.3 Å². The van der Waals surface area contributed by atoms with Gasteiger partial charge < -0.3 is 23.8 Å². The van der Waals surface area contributed by atoms with Gasteiger partial charge in [0, 0.05) is 12.6 Å². The molecule has 0 bridgehead atoms. The zero-order valence-electron chi connectivity index (χ0n) is 24.5. The van der Waals surface area contributed by atoms with Crippen LogP contribution in [0, 0.1) is 0 Å². The standard InChI is InChI=1S/C32H39NO8S/c1-32(2,3)40-31(34)33-19-11-16-27(33)30(41-42(4,35)36)23-39-28-18-17-26(37-21-24-12-7-5-8-13-24)20-29(28)38-22-25-14-9-6-10-15-25/h5-10,12-15,17-18,20,27,30H,11,16,19,21-23H2,1-4H3/t27-,30+/m1/s1. The molecule has 0 aliphatic carbocycles. The summed E-state index contributed by atoms with van der Waals surface area (Å²) in [6.45, 7) is 6.32. The van der Waals surface area contributed by atoms with Crippen LogP contribution in [0.15, 0.2) is 78.9 Å². The predicted octanol–water partition coefficient (Wildman–Crippen LogP) is 5.97. The molecule has 226 valence electrons. The zero-order chi connectivity index (χ0) is 30.2. The van der Waals surface area contributed by atoms with Gasteiger partial charge in [-0.1, -0.05) is 60.7 Å². The molecular formula is C32H39NO8S. The lowest BCUT2D eigenvalue weighted by atomic mass is 10.1. The average molecular weight is 598 g/mol. The van der Waals surface area contributed by atoms with Gasteiger partial charge in [-0.3, -0.25) is 4.18 Å². The summed E-state index contributed by atoms with van der Waals surface area (Å²) < 4.78 is 53.8. The third-order valence-electron chi connectivity index (χ3n) is 6.46. The lowest BCUT2D eigenvalue weighted by Crippen LogP contribution is -2.48. The van der Waals surface area contributed by atoms with Crippen LogP contribution >= 0.6 is 0 Å². The third kappa shape index (κ3) is 9.66. The van der Waals surface area contributed by atoms with Crippen molar-refractivity contribution in [1.82, 2.24) is 4.90 Å². The maximum atomic E-state index is 12.9. The Bertz CT molecular complexity index is 1410. The van der Waals surface area contributed by atoms with Gasteiger partial charge in [-0.05, 0) is 56.9 Å². The van der Waals surface area contributed by atoms with Crippen molar-refractivity contribution in [3.63, 3.8) is 0 Å². The van der Waals surface area contributed by atoms with E-state index < -0.39 is 34.0 Å². The zero-order valence-corrected chi connectivity index (χ0v) is 25.3. The quantitative estimate of drug-likeness (QED) is 0.236. The van der Waals surface area contributed by atoms with Crippen molar-refractivity contribution in [3.8, 4) is 17.2 Å². The molecule has 0 radical (unpaired) electrons. The smallest absolute Gasteiger partial charge is 0.410 e. The average Bonchev–Trinajstić information content (AvgIpc) is 3.44. The predicted molar refractivity (Wildman–Crippen MR) is 159 cm³/mol. The highest BCUT2D eigenvalue weighted by molar-refractivity contribution is 7.86. The van der Waals surface area contributed by atoms with E-state index in [0.717, 1.165) is 17.4 Å². The van der Waals surface area contributed by atoms with Crippen molar-refractivity contribution in [2.24, 2.45) is 0 Å². The van der Waals surface area contributed by atoms with Crippen LogP contribution < -0.4 is 14.2 Å². The summed E-state index contributed by atoms with van der Waals surface area (Å²) in [7, 11) is -3.86. The third-order valence-corrected chi connectivity index (χ3v) is 7.06. The Kier molecular flexibility index (Phi) is 10.3. The van der Waals surface area contributed by atoms with Crippen molar-refractivity contribution in [2.45, 2.75) is 64.6 Å². The van der Waals surface area contributed by atoms with E-state index in [2.05, 4.69) is 0 Å². The van der Waals surface area contributed by atoms with E-state index in [4.69, 9.17) is 23.1 Å². The number of hydrogen-bond acceptors (Lipinski definition) is 8. The summed E-state index contributed by atoms with van der Waals surface area (Å²) in [6.07, 6.45) is 0.753. The topological polar surface area (TPSA) is 101 Å². The highest BCUT2D eigenvalue weighted by Gasteiger charge is 2.39. The van der Waals surface area contributed by atoms with E-state index in [0.29, 0.717) is 43.2 Å². The summed E-state index contributed by atoms with van der Waals surface area (Å²) >= 11 is 0. The molecule has 1 amide bonds. The van der Waals surface area contributed by atoms with Gasteiger partial charge in [0.25, 0.3) is 10.1 Å². The normalized spacial score (nSPS) is 16.1. The highest BCUT2D eigenvalue weighted by atomic mass is 32.2. The number of ether oxygens (including phenoxy) is 4. The summed E-state index contributed by atoms with van der Waals surface area (Å²) in [5.74, 6) is 1.41. The second kappa shape index (κ2) is 13.9.